The van der Waals surface area contributed by atoms with Crippen LogP contribution in [0, 0.1) is 6.92 Å². The van der Waals surface area contributed by atoms with Crippen LogP contribution < -0.4 is 5.32 Å². The topological polar surface area (TPSA) is 97.2 Å². The molecule has 0 bridgehead atoms. The van der Waals surface area contributed by atoms with Crippen molar-refractivity contribution in [2.45, 2.75) is 26.8 Å². The van der Waals surface area contributed by atoms with Gasteiger partial charge in [-0.2, -0.15) is 9.40 Å². The number of aromatic nitrogens is 3. The van der Waals surface area contributed by atoms with Crippen molar-refractivity contribution in [2.24, 2.45) is 0 Å². The Kier molecular flexibility index (Phi) is 5.24. The number of anilines is 1. The summed E-state index contributed by atoms with van der Waals surface area (Å²) in [6, 6.07) is 9.60. The molecule has 0 fully saturated rings. The second kappa shape index (κ2) is 7.69. The Bertz CT molecular complexity index is 1150. The van der Waals surface area contributed by atoms with Gasteiger partial charge in [-0.3, -0.25) is 10.1 Å². The van der Waals surface area contributed by atoms with Crippen LogP contribution in [0.5, 0.6) is 0 Å². The van der Waals surface area contributed by atoms with E-state index in [1.807, 2.05) is 37.3 Å². The number of amides is 1. The summed E-state index contributed by atoms with van der Waals surface area (Å²) < 4.78 is 27.4. The van der Waals surface area contributed by atoms with Gasteiger partial charge in [-0.05, 0) is 26.0 Å². The number of fused-ring (bicyclic) bond motifs is 1. The van der Waals surface area contributed by atoms with Gasteiger partial charge in [0.2, 0.25) is 10.0 Å². The Labute approximate surface area is 173 Å². The summed E-state index contributed by atoms with van der Waals surface area (Å²) in [7, 11) is -3.24. The molecule has 1 aliphatic heterocycles. The third-order valence-corrected chi connectivity index (χ3v) is 7.76. The molecule has 0 aliphatic carbocycles. The minimum Gasteiger partial charge on any atom is -0.298 e. The van der Waals surface area contributed by atoms with Crippen LogP contribution in [0.25, 0.3) is 5.69 Å². The van der Waals surface area contributed by atoms with Crippen LogP contribution >= 0.6 is 11.3 Å². The first-order chi connectivity index (χ1) is 13.9. The lowest BCUT2D eigenvalue weighted by molar-refractivity contribution is 0.102. The summed E-state index contributed by atoms with van der Waals surface area (Å²) in [6.45, 7) is 4.21. The number of nitrogens with zero attached hydrogens (tertiary/aromatic N) is 4. The number of carbonyl (C=O) groups is 1. The standard InChI is InChI=1S/C19H21N5O3S2/c1-3-29(26,27)23-10-9-16-17(12-23)28-19(21-16)22-18(25)15-11-20-24(13(15)2)14-7-5-4-6-8-14/h4-8,11H,3,9-10,12H2,1-2H3,(H,21,22,25). The van der Waals surface area contributed by atoms with E-state index in [1.54, 1.807) is 17.8 Å². The number of rotatable bonds is 5. The molecule has 8 nitrogen and oxygen atoms in total. The molecular formula is C19H21N5O3S2. The largest absolute Gasteiger partial charge is 0.298 e. The average molecular weight is 432 g/mol. The van der Waals surface area contributed by atoms with Crippen molar-refractivity contribution in [3.8, 4) is 5.69 Å². The molecule has 0 unspecified atom stereocenters. The van der Waals surface area contributed by atoms with E-state index in [2.05, 4.69) is 15.4 Å². The Hall–Kier alpha value is -2.56. The van der Waals surface area contributed by atoms with Crippen molar-refractivity contribution in [1.29, 1.82) is 0 Å². The van der Waals surface area contributed by atoms with Crippen molar-refractivity contribution >= 4 is 32.4 Å². The molecule has 1 aliphatic rings. The van der Waals surface area contributed by atoms with Crippen molar-refractivity contribution in [2.75, 3.05) is 17.6 Å². The lowest BCUT2D eigenvalue weighted by Crippen LogP contribution is -2.36. The maximum atomic E-state index is 12.8. The Balaban J connectivity index is 1.52. The zero-order chi connectivity index (χ0) is 20.6. The normalized spacial score (nSPS) is 14.6. The molecule has 1 amide bonds. The summed E-state index contributed by atoms with van der Waals surface area (Å²) >= 11 is 1.32. The first kappa shape index (κ1) is 19.7. The highest BCUT2D eigenvalue weighted by Crippen LogP contribution is 2.30. The third kappa shape index (κ3) is 3.83. The highest BCUT2D eigenvalue weighted by molar-refractivity contribution is 7.89. The highest BCUT2D eigenvalue weighted by Gasteiger charge is 2.28. The smallest absolute Gasteiger partial charge is 0.260 e. The lowest BCUT2D eigenvalue weighted by atomic mass is 10.2. The predicted octanol–water partition coefficient (Wildman–Crippen LogP) is 2.60. The van der Waals surface area contributed by atoms with Gasteiger partial charge in [-0.25, -0.2) is 18.1 Å². The van der Waals surface area contributed by atoms with Gasteiger partial charge in [0.25, 0.3) is 5.91 Å². The number of benzene rings is 1. The molecule has 0 atom stereocenters. The summed E-state index contributed by atoms with van der Waals surface area (Å²) in [4.78, 5) is 18.1. The fourth-order valence-corrected chi connectivity index (χ4v) is 5.43. The van der Waals surface area contributed by atoms with E-state index in [1.165, 1.54) is 15.6 Å². The zero-order valence-electron chi connectivity index (χ0n) is 16.1. The Morgan fingerprint density at radius 1 is 1.28 bits per heavy atom. The van der Waals surface area contributed by atoms with E-state index >= 15 is 0 Å². The Morgan fingerprint density at radius 2 is 2.03 bits per heavy atom. The van der Waals surface area contributed by atoms with Crippen molar-refractivity contribution in [3.63, 3.8) is 0 Å². The number of hydrogen-bond donors (Lipinski definition) is 1. The molecule has 0 saturated heterocycles. The fraction of sp³-hybridized carbons (Fsp3) is 0.316. The molecule has 3 aromatic rings. The summed E-state index contributed by atoms with van der Waals surface area (Å²) in [6.07, 6.45) is 2.09. The van der Waals surface area contributed by atoms with Gasteiger partial charge in [-0.1, -0.05) is 18.2 Å². The van der Waals surface area contributed by atoms with Crippen LogP contribution in [0.1, 0.15) is 33.5 Å². The molecule has 0 radical (unpaired) electrons. The minimum atomic E-state index is -3.24. The van der Waals surface area contributed by atoms with Gasteiger partial charge in [0.15, 0.2) is 5.13 Å². The number of nitrogens with one attached hydrogen (secondary N) is 1. The monoisotopic (exact) mass is 431 g/mol. The maximum Gasteiger partial charge on any atom is 0.260 e. The third-order valence-electron chi connectivity index (χ3n) is 4.93. The molecule has 152 valence electrons. The summed E-state index contributed by atoms with van der Waals surface area (Å²) in [5.41, 5.74) is 2.93. The molecule has 0 spiro atoms. The van der Waals surface area contributed by atoms with Gasteiger partial charge >= 0.3 is 0 Å². The number of thiazole rings is 1. The summed E-state index contributed by atoms with van der Waals surface area (Å²) in [5.74, 6) is -0.205. The van der Waals surface area contributed by atoms with Gasteiger partial charge in [-0.15, -0.1) is 11.3 Å². The molecular weight excluding hydrogens is 410 g/mol. The van der Waals surface area contributed by atoms with Crippen LogP contribution in [0.4, 0.5) is 5.13 Å². The molecule has 4 rings (SSSR count). The van der Waals surface area contributed by atoms with Crippen LogP contribution in [-0.2, 0) is 23.0 Å². The lowest BCUT2D eigenvalue weighted by Gasteiger charge is -2.24. The van der Waals surface area contributed by atoms with Crippen LogP contribution in [0.15, 0.2) is 36.5 Å². The van der Waals surface area contributed by atoms with E-state index in [-0.39, 0.29) is 11.7 Å². The van der Waals surface area contributed by atoms with Crippen LogP contribution in [0.3, 0.4) is 0 Å². The van der Waals surface area contributed by atoms with E-state index in [0.29, 0.717) is 30.2 Å². The van der Waals surface area contributed by atoms with E-state index in [0.717, 1.165) is 22.0 Å². The van der Waals surface area contributed by atoms with Crippen molar-refractivity contribution < 1.29 is 13.2 Å². The fourth-order valence-electron chi connectivity index (χ4n) is 3.27. The molecule has 1 N–H and O–H groups in total. The highest BCUT2D eigenvalue weighted by atomic mass is 32.2. The van der Waals surface area contributed by atoms with Crippen LogP contribution in [0.2, 0.25) is 0 Å². The van der Waals surface area contributed by atoms with Gasteiger partial charge in [0.1, 0.15) is 0 Å². The van der Waals surface area contributed by atoms with Crippen LogP contribution in [-0.4, -0.2) is 45.7 Å². The number of carbonyl (C=O) groups excluding carboxylic acids is 1. The van der Waals surface area contributed by atoms with Crippen molar-refractivity contribution in [1.82, 2.24) is 19.1 Å². The first-order valence-electron chi connectivity index (χ1n) is 9.27. The maximum absolute atomic E-state index is 12.8. The number of hydrogen-bond acceptors (Lipinski definition) is 6. The molecule has 0 saturated carbocycles. The predicted molar refractivity (Wildman–Crippen MR) is 112 cm³/mol. The SMILES string of the molecule is CCS(=O)(=O)N1CCc2nc(NC(=O)c3cnn(-c4ccccc4)c3C)sc2C1. The second-order valence-corrected chi connectivity index (χ2v) is 10.1. The van der Waals surface area contributed by atoms with Gasteiger partial charge in [0.05, 0.1) is 34.6 Å². The number of sulfonamides is 1. The van der Waals surface area contributed by atoms with Gasteiger partial charge in [0, 0.05) is 24.4 Å². The number of para-hydroxylation sites is 1. The average Bonchev–Trinajstić information content (AvgIpc) is 3.30. The summed E-state index contributed by atoms with van der Waals surface area (Å²) in [5, 5.41) is 7.64. The first-order valence-corrected chi connectivity index (χ1v) is 11.7. The van der Waals surface area contributed by atoms with E-state index < -0.39 is 10.0 Å². The molecule has 2 aromatic heterocycles. The second-order valence-electron chi connectivity index (χ2n) is 6.72. The molecule has 3 heterocycles. The molecule has 10 heteroatoms. The quantitative estimate of drug-likeness (QED) is 0.670. The minimum absolute atomic E-state index is 0.0788. The zero-order valence-corrected chi connectivity index (χ0v) is 17.8. The van der Waals surface area contributed by atoms with E-state index in [4.69, 9.17) is 0 Å². The molecule has 1 aromatic carbocycles. The molecule has 29 heavy (non-hydrogen) atoms. The van der Waals surface area contributed by atoms with E-state index in [9.17, 15) is 13.2 Å². The van der Waals surface area contributed by atoms with Crippen molar-refractivity contribution in [3.05, 3.63) is 58.4 Å². The Morgan fingerprint density at radius 3 is 2.76 bits per heavy atom. The van der Waals surface area contributed by atoms with Gasteiger partial charge < -0.3 is 0 Å².